The predicted octanol–water partition coefficient (Wildman–Crippen LogP) is 5.43. The maximum atomic E-state index is 13.0. The number of rotatable bonds is 2. The van der Waals surface area contributed by atoms with Crippen molar-refractivity contribution in [1.29, 1.82) is 0 Å². The number of likely N-dealkylation sites (tertiary alicyclic amines) is 1. The van der Waals surface area contributed by atoms with Crippen molar-refractivity contribution < 1.29 is 23.1 Å². The van der Waals surface area contributed by atoms with Crippen molar-refractivity contribution in [3.8, 4) is 0 Å². The normalized spacial score (nSPS) is 26.0. The van der Waals surface area contributed by atoms with Gasteiger partial charge in [-0.15, -0.1) is 0 Å². The Bertz CT molecular complexity index is 965. The number of carbonyl (C=O) groups is 1. The first kappa shape index (κ1) is 21.0. The van der Waals surface area contributed by atoms with Gasteiger partial charge in [-0.2, -0.15) is 13.2 Å². The summed E-state index contributed by atoms with van der Waals surface area (Å²) in [6, 6.07) is 10.6. The molecule has 4 rings (SSSR count). The Balaban J connectivity index is 1.42. The van der Waals surface area contributed by atoms with Crippen molar-refractivity contribution in [2.75, 3.05) is 18.4 Å². The van der Waals surface area contributed by atoms with Crippen molar-refractivity contribution in [1.82, 2.24) is 4.90 Å². The number of aliphatic hydroxyl groups is 1. The fourth-order valence-corrected chi connectivity index (χ4v) is 5.08. The third-order valence-electron chi connectivity index (χ3n) is 6.23. The highest BCUT2D eigenvalue weighted by Crippen LogP contribution is 2.49. The number of benzene rings is 2. The number of nitrogens with one attached hydrogen (secondary N) is 1. The molecule has 0 spiro atoms. The van der Waals surface area contributed by atoms with Gasteiger partial charge >= 0.3 is 12.2 Å². The smallest absolute Gasteiger partial charge is 0.385 e. The number of nitrogens with zero attached hydrogens (tertiary/aromatic N) is 1. The van der Waals surface area contributed by atoms with Gasteiger partial charge in [0.05, 0.1) is 16.2 Å². The van der Waals surface area contributed by atoms with E-state index in [2.05, 4.69) is 5.32 Å². The molecular formula is C22H22ClF3N2O2. The summed E-state index contributed by atoms with van der Waals surface area (Å²) in [6.45, 7) is 2.90. The Morgan fingerprint density at radius 2 is 1.80 bits per heavy atom. The van der Waals surface area contributed by atoms with Gasteiger partial charge in [0.2, 0.25) is 0 Å². The zero-order valence-electron chi connectivity index (χ0n) is 16.3. The number of hydrogen-bond donors (Lipinski definition) is 2. The van der Waals surface area contributed by atoms with Gasteiger partial charge in [-0.3, -0.25) is 0 Å². The molecule has 0 unspecified atom stereocenters. The Morgan fingerprint density at radius 1 is 1.17 bits per heavy atom. The van der Waals surface area contributed by atoms with Crippen LogP contribution in [0.5, 0.6) is 0 Å². The van der Waals surface area contributed by atoms with E-state index in [4.69, 9.17) is 11.6 Å². The third kappa shape index (κ3) is 3.88. The fourth-order valence-electron chi connectivity index (χ4n) is 4.86. The number of anilines is 1. The molecule has 1 saturated heterocycles. The van der Waals surface area contributed by atoms with E-state index in [1.54, 1.807) is 4.90 Å². The Kier molecular flexibility index (Phi) is 5.22. The molecule has 1 aliphatic heterocycles. The van der Waals surface area contributed by atoms with Crippen LogP contribution in [0.3, 0.4) is 0 Å². The highest BCUT2D eigenvalue weighted by Gasteiger charge is 2.50. The van der Waals surface area contributed by atoms with Crippen LogP contribution in [0.2, 0.25) is 5.02 Å². The van der Waals surface area contributed by atoms with Crippen LogP contribution in [0, 0.1) is 18.8 Å². The second-order valence-corrected chi connectivity index (χ2v) is 8.71. The zero-order valence-corrected chi connectivity index (χ0v) is 17.1. The molecule has 2 fully saturated rings. The maximum Gasteiger partial charge on any atom is 0.417 e. The molecule has 8 heteroatoms. The number of hydrogen-bond acceptors (Lipinski definition) is 2. The number of fused-ring (bicyclic) bond motifs is 1. The minimum atomic E-state index is -4.59. The fraction of sp³-hybridized carbons (Fsp3) is 0.409. The largest absolute Gasteiger partial charge is 0.417 e. The van der Waals surface area contributed by atoms with Crippen molar-refractivity contribution in [2.45, 2.75) is 31.5 Å². The van der Waals surface area contributed by atoms with Gasteiger partial charge in [-0.05, 0) is 60.9 Å². The third-order valence-corrected chi connectivity index (χ3v) is 6.56. The average Bonchev–Trinajstić information content (AvgIpc) is 3.18. The lowest BCUT2D eigenvalue weighted by Crippen LogP contribution is -2.35. The number of aryl methyl sites for hydroxylation is 1. The van der Waals surface area contributed by atoms with Gasteiger partial charge in [-0.25, -0.2) is 4.79 Å². The molecule has 0 aromatic heterocycles. The summed E-state index contributed by atoms with van der Waals surface area (Å²) in [5, 5.41) is 13.3. The molecular weight excluding hydrogens is 417 g/mol. The Morgan fingerprint density at radius 3 is 2.40 bits per heavy atom. The zero-order chi connectivity index (χ0) is 21.7. The monoisotopic (exact) mass is 438 g/mol. The SMILES string of the molecule is Cc1ccccc1[C@]1(O)C[C@H]2CN(C(=O)Nc3ccc(Cl)c(C(F)(F)F)c3)C[C@H]2C1. The molecule has 1 heterocycles. The van der Waals surface area contributed by atoms with Crippen LogP contribution < -0.4 is 5.32 Å². The minimum Gasteiger partial charge on any atom is -0.385 e. The summed E-state index contributed by atoms with van der Waals surface area (Å²) in [7, 11) is 0. The molecule has 2 aromatic rings. The summed E-state index contributed by atoms with van der Waals surface area (Å²) in [5.41, 5.74) is 0.129. The quantitative estimate of drug-likeness (QED) is 0.657. The highest BCUT2D eigenvalue weighted by molar-refractivity contribution is 6.31. The first-order chi connectivity index (χ1) is 14.1. The standard InChI is InChI=1S/C22H22ClF3N2O2/c1-13-4-2-3-5-17(13)21(30)9-14-11-28(12-15(14)10-21)20(29)27-16-6-7-19(23)18(8-16)22(24,25)26/h2-8,14-15,30H,9-12H2,1H3,(H,27,29)/t14-,15+,21-. The van der Waals surface area contributed by atoms with Gasteiger partial charge < -0.3 is 15.3 Å². The first-order valence-electron chi connectivity index (χ1n) is 9.78. The summed E-state index contributed by atoms with van der Waals surface area (Å²) < 4.78 is 39.1. The second kappa shape index (κ2) is 7.46. The van der Waals surface area contributed by atoms with E-state index in [1.807, 2.05) is 31.2 Å². The Hall–Kier alpha value is -2.25. The van der Waals surface area contributed by atoms with Crippen molar-refractivity contribution in [3.63, 3.8) is 0 Å². The maximum absolute atomic E-state index is 13.0. The molecule has 2 aromatic carbocycles. The van der Waals surface area contributed by atoms with E-state index < -0.39 is 28.4 Å². The topological polar surface area (TPSA) is 52.6 Å². The van der Waals surface area contributed by atoms with E-state index >= 15 is 0 Å². The molecule has 160 valence electrons. The van der Waals surface area contributed by atoms with Gasteiger partial charge in [0.15, 0.2) is 0 Å². The minimum absolute atomic E-state index is 0.0465. The summed E-state index contributed by atoms with van der Waals surface area (Å²) >= 11 is 5.63. The van der Waals surface area contributed by atoms with Crippen LogP contribution in [-0.2, 0) is 11.8 Å². The van der Waals surface area contributed by atoms with E-state index in [1.165, 1.54) is 6.07 Å². The van der Waals surface area contributed by atoms with Gasteiger partial charge in [0.1, 0.15) is 0 Å². The molecule has 1 aliphatic carbocycles. The van der Waals surface area contributed by atoms with Crippen LogP contribution >= 0.6 is 11.6 Å². The van der Waals surface area contributed by atoms with Gasteiger partial charge in [-0.1, -0.05) is 35.9 Å². The Labute approximate surface area is 177 Å². The second-order valence-electron chi connectivity index (χ2n) is 8.30. The van der Waals surface area contributed by atoms with Crippen LogP contribution in [0.25, 0.3) is 0 Å². The van der Waals surface area contributed by atoms with E-state index in [0.29, 0.717) is 25.9 Å². The lowest BCUT2D eigenvalue weighted by molar-refractivity contribution is -0.137. The van der Waals surface area contributed by atoms with Crippen molar-refractivity contribution in [2.24, 2.45) is 11.8 Å². The predicted molar refractivity (Wildman–Crippen MR) is 108 cm³/mol. The molecule has 3 atom stereocenters. The highest BCUT2D eigenvalue weighted by atomic mass is 35.5. The first-order valence-corrected chi connectivity index (χ1v) is 10.2. The van der Waals surface area contributed by atoms with Crippen molar-refractivity contribution in [3.05, 3.63) is 64.2 Å². The summed E-state index contributed by atoms with van der Waals surface area (Å²) in [4.78, 5) is 14.2. The summed E-state index contributed by atoms with van der Waals surface area (Å²) in [6.07, 6.45) is -3.47. The van der Waals surface area contributed by atoms with Gasteiger partial charge in [0, 0.05) is 18.8 Å². The number of amides is 2. The van der Waals surface area contributed by atoms with Gasteiger partial charge in [0.25, 0.3) is 0 Å². The number of carbonyl (C=O) groups excluding carboxylic acids is 1. The molecule has 0 radical (unpaired) electrons. The van der Waals surface area contributed by atoms with Crippen LogP contribution in [0.1, 0.15) is 29.5 Å². The van der Waals surface area contributed by atoms with E-state index in [-0.39, 0.29) is 17.5 Å². The number of halogens is 4. The van der Waals surface area contributed by atoms with E-state index in [9.17, 15) is 23.1 Å². The lowest BCUT2D eigenvalue weighted by atomic mass is 9.87. The van der Waals surface area contributed by atoms with Crippen LogP contribution in [-0.4, -0.2) is 29.1 Å². The molecule has 30 heavy (non-hydrogen) atoms. The average molecular weight is 439 g/mol. The molecule has 4 nitrogen and oxygen atoms in total. The number of urea groups is 1. The van der Waals surface area contributed by atoms with Crippen LogP contribution in [0.4, 0.5) is 23.7 Å². The number of alkyl halides is 3. The summed E-state index contributed by atoms with van der Waals surface area (Å²) in [5.74, 6) is 0.299. The molecule has 2 N–H and O–H groups in total. The van der Waals surface area contributed by atoms with Crippen molar-refractivity contribution >= 4 is 23.3 Å². The molecule has 2 amide bonds. The lowest BCUT2D eigenvalue weighted by Gasteiger charge is -2.28. The van der Waals surface area contributed by atoms with E-state index in [0.717, 1.165) is 23.3 Å². The molecule has 2 aliphatic rings. The van der Waals surface area contributed by atoms with Crippen LogP contribution in [0.15, 0.2) is 42.5 Å². The molecule has 1 saturated carbocycles. The molecule has 0 bridgehead atoms.